The van der Waals surface area contributed by atoms with Crippen molar-refractivity contribution in [2.75, 3.05) is 117 Å². The van der Waals surface area contributed by atoms with E-state index in [1.807, 2.05) is 19.9 Å². The third-order valence-electron chi connectivity index (χ3n) is 20.0. The standard InChI is InChI=1S/C78H105Cl2N17O24/c1-43(70(81)111)84-75(116)56(14-18-63(101)102)89-73(114)46(4)86-76(117)57(15-19-64(103)104)90-72(113)45(3)85-74(115)55(88-71(112)44(2)83-62(100)37-92-21-23-93(38-65(105)106)25-27-95(40-67(109)110)28-26-94(24-22-92)39-66(107)108)13-8-9-20-82-60(98)16-17-61(99)87-50-12-10-11-47(31-50)52-35-53-59(36-58(52)119-7)121-41-54-68(77(118)96-29-30-120-42-78(96,5)6)91-97(69(53)54)51-33-48(79)32-49(80)34-51/h10-12,31-36,43-46,55-57H,8-9,13-30,37-42H2,1-7H3,(H2,81,111)(H,82,98)(H,83,100)(H,84,116)(H,85,115)(H,86,117)(H,87,99)(H,88,112)(H,89,114)(H,90,113)(H,101,102)(H,103,104)(H,105,106)(H,107,108)(H,109,110)/t43-,44-,45-,46-,55-,56-,57-/m1/s1. The number of benzene rings is 3. The van der Waals surface area contributed by atoms with Gasteiger partial charge >= 0.3 is 29.8 Å². The number of nitrogens with one attached hydrogen (secondary N) is 9. The minimum atomic E-state index is -1.71. The van der Waals surface area contributed by atoms with Gasteiger partial charge in [0.2, 0.25) is 59.1 Å². The van der Waals surface area contributed by atoms with Crippen molar-refractivity contribution in [1.29, 1.82) is 0 Å². The van der Waals surface area contributed by atoms with Crippen molar-refractivity contribution < 1.29 is 116 Å². The second-order valence-electron chi connectivity index (χ2n) is 30.1. The molecule has 41 nitrogen and oxygen atoms in total. The Bertz CT molecular complexity index is 4440. The van der Waals surface area contributed by atoms with Gasteiger partial charge in [-0.1, -0.05) is 35.3 Å². The highest BCUT2D eigenvalue weighted by Gasteiger charge is 2.41. The summed E-state index contributed by atoms with van der Waals surface area (Å²) in [4.78, 5) is 216. The topological polar surface area (TPSA) is 570 Å². The van der Waals surface area contributed by atoms with Gasteiger partial charge in [-0.2, -0.15) is 5.10 Å². The second-order valence-corrected chi connectivity index (χ2v) is 30.9. The minimum Gasteiger partial charge on any atom is -0.496 e. The summed E-state index contributed by atoms with van der Waals surface area (Å²) < 4.78 is 19.6. The Morgan fingerprint density at radius 1 is 0.529 bits per heavy atom. The van der Waals surface area contributed by atoms with E-state index in [-0.39, 0.29) is 109 Å². The van der Waals surface area contributed by atoms with Crippen molar-refractivity contribution in [3.63, 3.8) is 0 Å². The van der Waals surface area contributed by atoms with Crippen LogP contribution in [0.5, 0.6) is 11.5 Å². The number of hydrogen-bond acceptors (Lipinski definition) is 24. The number of anilines is 1. The van der Waals surface area contributed by atoms with E-state index in [2.05, 4.69) is 47.9 Å². The number of primary amides is 1. The SMILES string of the molecule is COc1cc2c(cc1-c1cccc(NC(=O)CCC(=O)NCCCC[C@@H](NC(=O)[C@@H](C)NC(=O)CN3CCN(CC(=O)O)CCN(CC(=O)O)CCN(CC(=O)O)CC3)C(=O)N[C@H](C)C(=O)N[C@H](CCC(=O)O)C(=O)N[C@H](C)C(=O)N[C@H](CCC(=O)O)C(=O)N[C@H](C)C(N)=O)c1)-c1c(c(C(=O)N3CCOCC3(C)C)nn1-c1cc(Cl)cc(Cl)c1)CO2. The molecular weight excluding hydrogens is 1630 g/mol. The molecule has 0 spiro atoms. The lowest BCUT2D eigenvalue weighted by Crippen LogP contribution is -2.59. The van der Waals surface area contributed by atoms with Gasteiger partial charge in [0.15, 0.2) is 5.69 Å². The summed E-state index contributed by atoms with van der Waals surface area (Å²) in [5.41, 5.74) is 8.32. The van der Waals surface area contributed by atoms with Gasteiger partial charge in [0.1, 0.15) is 60.4 Å². The van der Waals surface area contributed by atoms with E-state index in [1.54, 1.807) is 77.7 Å². The van der Waals surface area contributed by atoms with E-state index in [0.29, 0.717) is 80.6 Å². The van der Waals surface area contributed by atoms with Crippen molar-refractivity contribution in [2.45, 2.75) is 154 Å². The third kappa shape index (κ3) is 29.9. The van der Waals surface area contributed by atoms with Gasteiger partial charge in [-0.15, -0.1) is 0 Å². The molecule has 2 saturated heterocycles. The Labute approximate surface area is 706 Å². The molecule has 7 atom stereocenters. The van der Waals surface area contributed by atoms with Crippen LogP contribution >= 0.6 is 23.2 Å². The number of nitrogens with zero attached hydrogens (tertiary/aromatic N) is 7. The number of halogens is 2. The Hall–Kier alpha value is -11.6. The molecule has 0 radical (unpaired) electrons. The number of methoxy groups -OCH3 is 1. The number of carboxylic acids is 5. The number of ether oxygens (including phenoxy) is 3. The van der Waals surface area contributed by atoms with E-state index in [4.69, 9.17) is 48.2 Å². The van der Waals surface area contributed by atoms with Crippen LogP contribution in [0.25, 0.3) is 28.1 Å². The summed E-state index contributed by atoms with van der Waals surface area (Å²) in [5.74, 6) is -14.6. The molecule has 660 valence electrons. The van der Waals surface area contributed by atoms with Gasteiger partial charge in [-0.3, -0.25) is 96.3 Å². The van der Waals surface area contributed by atoms with Crippen molar-refractivity contribution in [2.24, 2.45) is 5.73 Å². The third-order valence-corrected chi connectivity index (χ3v) is 20.4. The number of carbonyl (C=O) groups excluding carboxylic acids is 11. The first-order chi connectivity index (χ1) is 57.2. The van der Waals surface area contributed by atoms with Crippen molar-refractivity contribution in [3.05, 3.63) is 75.9 Å². The predicted molar refractivity (Wildman–Crippen MR) is 434 cm³/mol. The molecule has 0 bridgehead atoms. The second kappa shape index (κ2) is 45.7. The largest absolute Gasteiger partial charge is 0.496 e. The maximum atomic E-state index is 14.6. The van der Waals surface area contributed by atoms with E-state index in [0.717, 1.165) is 6.92 Å². The molecule has 0 aliphatic carbocycles. The van der Waals surface area contributed by atoms with Gasteiger partial charge < -0.3 is 98.2 Å². The summed E-state index contributed by atoms with van der Waals surface area (Å²) >= 11 is 13.1. The van der Waals surface area contributed by atoms with Gasteiger partial charge in [-0.25, -0.2) is 4.68 Å². The molecule has 1 aromatic heterocycles. The summed E-state index contributed by atoms with van der Waals surface area (Å²) in [6, 6.07) is 4.82. The molecule has 121 heavy (non-hydrogen) atoms. The van der Waals surface area contributed by atoms with Crippen LogP contribution in [-0.2, 0) is 83.3 Å². The Kier molecular flexibility index (Phi) is 36.4. The highest BCUT2D eigenvalue weighted by Crippen LogP contribution is 2.47. The fourth-order valence-electron chi connectivity index (χ4n) is 13.4. The zero-order valence-corrected chi connectivity index (χ0v) is 69.6. The van der Waals surface area contributed by atoms with Crippen LogP contribution in [0.1, 0.15) is 115 Å². The molecule has 43 heteroatoms. The zero-order chi connectivity index (χ0) is 89.1. The number of hydrogen-bond donors (Lipinski definition) is 15. The molecule has 3 aliphatic heterocycles. The van der Waals surface area contributed by atoms with Gasteiger partial charge in [0, 0.05) is 130 Å². The maximum absolute atomic E-state index is 14.6. The number of carboxylic acid groups (broad SMARTS) is 5. The normalized spacial score (nSPS) is 16.3. The van der Waals surface area contributed by atoms with Crippen molar-refractivity contribution >= 4 is 124 Å². The van der Waals surface area contributed by atoms with Gasteiger partial charge in [-0.05, 0) is 116 Å². The van der Waals surface area contributed by atoms with E-state index >= 15 is 0 Å². The number of morpholine rings is 1. The molecule has 2 fully saturated rings. The van der Waals surface area contributed by atoms with Gasteiger partial charge in [0.25, 0.3) is 5.91 Å². The number of unbranched alkanes of at least 4 members (excludes halogenated alkanes) is 1. The monoisotopic (exact) mass is 1730 g/mol. The summed E-state index contributed by atoms with van der Waals surface area (Å²) in [5, 5.41) is 75.8. The smallest absolute Gasteiger partial charge is 0.317 e. The molecule has 3 aromatic carbocycles. The van der Waals surface area contributed by atoms with Crippen LogP contribution in [0.4, 0.5) is 5.69 Å². The summed E-state index contributed by atoms with van der Waals surface area (Å²) in [7, 11) is 1.49. The fraction of sp³-hybridized carbons (Fsp3) is 0.526. The first-order valence-electron chi connectivity index (χ1n) is 39.1. The molecule has 4 heterocycles. The van der Waals surface area contributed by atoms with Crippen LogP contribution in [0.2, 0.25) is 10.0 Å². The van der Waals surface area contributed by atoms with Crippen LogP contribution in [-0.4, -0.2) is 314 Å². The first-order valence-corrected chi connectivity index (χ1v) is 39.8. The summed E-state index contributed by atoms with van der Waals surface area (Å²) in [6.45, 7) is 8.64. The lowest BCUT2D eigenvalue weighted by atomic mass is 9.95. The molecule has 0 unspecified atom stereocenters. The lowest BCUT2D eigenvalue weighted by molar-refractivity contribution is -0.140. The molecule has 4 aromatic rings. The number of amides is 11. The number of aromatic nitrogens is 2. The predicted octanol–water partition coefficient (Wildman–Crippen LogP) is -0.166. The highest BCUT2D eigenvalue weighted by atomic mass is 35.5. The molecule has 16 N–H and O–H groups in total. The number of nitrogens with two attached hydrogens (primary N) is 1. The summed E-state index contributed by atoms with van der Waals surface area (Å²) in [6.07, 6.45) is -2.90. The molecule has 0 saturated carbocycles. The number of carbonyl (C=O) groups is 16. The van der Waals surface area contributed by atoms with E-state index < -0.39 is 189 Å². The average molecular weight is 1740 g/mol. The van der Waals surface area contributed by atoms with Crippen LogP contribution in [0.15, 0.2) is 54.6 Å². The molecule has 7 rings (SSSR count). The maximum Gasteiger partial charge on any atom is 0.317 e. The molecule has 3 aliphatic rings. The van der Waals surface area contributed by atoms with E-state index in [1.165, 1.54) is 27.9 Å². The number of rotatable bonds is 41. The number of fused-ring (bicyclic) bond motifs is 3. The fourth-order valence-corrected chi connectivity index (χ4v) is 13.9. The lowest BCUT2D eigenvalue weighted by Gasteiger charge is -2.41. The Morgan fingerprint density at radius 3 is 1.49 bits per heavy atom. The average Bonchev–Trinajstić information content (AvgIpc) is 1.60. The quantitative estimate of drug-likeness (QED) is 0.0257. The van der Waals surface area contributed by atoms with E-state index in [9.17, 15) is 102 Å². The van der Waals surface area contributed by atoms with Crippen LogP contribution in [0, 0.1) is 0 Å². The molecule has 11 amide bonds. The Balaban J connectivity index is 1.02. The zero-order valence-electron chi connectivity index (χ0n) is 68.1. The van der Waals surface area contributed by atoms with Crippen molar-refractivity contribution in [1.82, 2.24) is 76.8 Å². The minimum absolute atomic E-state index is 0.0127. The first kappa shape index (κ1) is 96.5. The van der Waals surface area contributed by atoms with Gasteiger partial charge in [0.05, 0.1) is 63.4 Å². The number of aliphatic carboxylic acids is 5. The Morgan fingerprint density at radius 2 is 1.01 bits per heavy atom. The van der Waals surface area contributed by atoms with Crippen LogP contribution in [0.3, 0.4) is 0 Å². The highest BCUT2D eigenvalue weighted by molar-refractivity contribution is 6.35. The molecular formula is C78H105Cl2N17O24. The van der Waals surface area contributed by atoms with Crippen LogP contribution < -0.4 is 63.1 Å². The van der Waals surface area contributed by atoms with Crippen molar-refractivity contribution in [3.8, 4) is 39.6 Å².